The van der Waals surface area contributed by atoms with Gasteiger partial charge < -0.3 is 14.0 Å². The van der Waals surface area contributed by atoms with Crippen molar-refractivity contribution in [3.63, 3.8) is 0 Å². The summed E-state index contributed by atoms with van der Waals surface area (Å²) in [6.07, 6.45) is 0. The van der Waals surface area contributed by atoms with E-state index < -0.39 is 10.0 Å². The predicted octanol–water partition coefficient (Wildman–Crippen LogP) is 4.70. The number of hydrogen-bond donors (Lipinski definition) is 0. The highest BCUT2D eigenvalue weighted by molar-refractivity contribution is 7.93. The Morgan fingerprint density at radius 2 is 1.72 bits per heavy atom. The summed E-state index contributed by atoms with van der Waals surface area (Å²) in [5.41, 5.74) is 1.24. The van der Waals surface area contributed by atoms with Gasteiger partial charge in [-0.05, 0) is 66.9 Å². The molecule has 4 rings (SSSR count). The molecule has 0 spiro atoms. The number of rotatable bonds is 8. The molecule has 166 valence electrons. The van der Waals surface area contributed by atoms with Gasteiger partial charge in [-0.15, -0.1) is 11.3 Å². The zero-order valence-corrected chi connectivity index (χ0v) is 19.3. The summed E-state index contributed by atoms with van der Waals surface area (Å²) in [6.45, 7) is 2.49. The molecule has 0 unspecified atom stereocenters. The predicted molar refractivity (Wildman–Crippen MR) is 123 cm³/mol. The molecule has 0 atom stereocenters. The number of aromatic nitrogens is 2. The van der Waals surface area contributed by atoms with Crippen LogP contribution < -0.4 is 13.8 Å². The van der Waals surface area contributed by atoms with Gasteiger partial charge in [-0.1, -0.05) is 5.16 Å². The van der Waals surface area contributed by atoms with Gasteiger partial charge in [0.25, 0.3) is 15.9 Å². The lowest BCUT2D eigenvalue weighted by Crippen LogP contribution is -2.26. The highest BCUT2D eigenvalue weighted by Crippen LogP contribution is 2.35. The summed E-state index contributed by atoms with van der Waals surface area (Å²) in [4.78, 5) is 4.90. The van der Waals surface area contributed by atoms with Gasteiger partial charge in [0.2, 0.25) is 5.82 Å². The quantitative estimate of drug-likeness (QED) is 0.368. The van der Waals surface area contributed by atoms with Gasteiger partial charge in [-0.2, -0.15) is 4.98 Å². The van der Waals surface area contributed by atoms with Crippen molar-refractivity contribution in [3.05, 3.63) is 60.0 Å². The maximum absolute atomic E-state index is 13.3. The van der Waals surface area contributed by atoms with Crippen molar-refractivity contribution in [1.82, 2.24) is 10.1 Å². The van der Waals surface area contributed by atoms with Crippen LogP contribution in [0.15, 0.2) is 69.4 Å². The number of nitrogens with zero attached hydrogens (tertiary/aromatic N) is 3. The van der Waals surface area contributed by atoms with E-state index in [4.69, 9.17) is 14.0 Å². The largest absolute Gasteiger partial charge is 0.497 e. The molecule has 0 radical (unpaired) electrons. The van der Waals surface area contributed by atoms with Crippen LogP contribution in [0.2, 0.25) is 0 Å². The lowest BCUT2D eigenvalue weighted by atomic mass is 10.2. The Kier molecular flexibility index (Phi) is 6.15. The number of methoxy groups -OCH3 is 1. The Hall–Kier alpha value is -3.37. The number of benzene rings is 2. The van der Waals surface area contributed by atoms with E-state index in [1.807, 2.05) is 31.2 Å². The fourth-order valence-corrected chi connectivity index (χ4v) is 5.55. The highest BCUT2D eigenvalue weighted by Gasteiger charge is 2.28. The van der Waals surface area contributed by atoms with Crippen molar-refractivity contribution in [2.45, 2.75) is 11.8 Å². The average Bonchev–Trinajstić information content (AvgIpc) is 3.49. The number of hydrogen-bond acceptors (Lipinski definition) is 8. The minimum absolute atomic E-state index is 0.0997. The second kappa shape index (κ2) is 9.01. The van der Waals surface area contributed by atoms with Gasteiger partial charge in [0, 0.05) is 12.6 Å². The summed E-state index contributed by atoms with van der Waals surface area (Å²) in [5.74, 6) is 1.89. The van der Waals surface area contributed by atoms with Crippen LogP contribution in [0.5, 0.6) is 11.5 Å². The zero-order chi connectivity index (χ0) is 22.7. The standard InChI is InChI=1S/C22H21N3O5S2/c1-4-29-18-9-5-15(6-10-18)21-23-22(30-24-21)20-19(13-14-31-20)32(26,27)25(2)16-7-11-17(28-3)12-8-16/h5-14H,4H2,1-3H3. The van der Waals surface area contributed by atoms with Crippen molar-refractivity contribution < 1.29 is 22.4 Å². The normalized spacial score (nSPS) is 11.3. The zero-order valence-electron chi connectivity index (χ0n) is 17.7. The van der Waals surface area contributed by atoms with Crippen LogP contribution in [-0.4, -0.2) is 39.3 Å². The Morgan fingerprint density at radius 1 is 1.03 bits per heavy atom. The average molecular weight is 472 g/mol. The first kappa shape index (κ1) is 21.8. The van der Waals surface area contributed by atoms with Crippen LogP contribution in [-0.2, 0) is 10.0 Å². The molecule has 2 aromatic heterocycles. The highest BCUT2D eigenvalue weighted by atomic mass is 32.2. The first-order valence-electron chi connectivity index (χ1n) is 9.72. The van der Waals surface area contributed by atoms with E-state index in [1.165, 1.54) is 28.8 Å². The van der Waals surface area contributed by atoms with Crippen molar-refractivity contribution in [2.24, 2.45) is 0 Å². The minimum atomic E-state index is -3.86. The van der Waals surface area contributed by atoms with E-state index in [0.717, 1.165) is 11.3 Å². The van der Waals surface area contributed by atoms with Crippen LogP contribution in [0.3, 0.4) is 0 Å². The molecule has 0 fully saturated rings. The van der Waals surface area contributed by atoms with E-state index in [1.54, 1.807) is 36.8 Å². The van der Waals surface area contributed by atoms with Gasteiger partial charge in [0.05, 0.1) is 19.4 Å². The number of sulfonamides is 1. The molecule has 0 saturated heterocycles. The Labute approximate surface area is 190 Å². The van der Waals surface area contributed by atoms with Crippen molar-refractivity contribution >= 4 is 27.0 Å². The lowest BCUT2D eigenvalue weighted by Gasteiger charge is -2.19. The van der Waals surface area contributed by atoms with E-state index >= 15 is 0 Å². The topological polar surface area (TPSA) is 94.8 Å². The molecular weight excluding hydrogens is 450 g/mol. The van der Waals surface area contributed by atoms with Gasteiger partial charge >= 0.3 is 0 Å². The van der Waals surface area contributed by atoms with Crippen LogP contribution in [0.4, 0.5) is 5.69 Å². The Bertz CT molecular complexity index is 1300. The van der Waals surface area contributed by atoms with Crippen LogP contribution in [0.25, 0.3) is 22.2 Å². The molecule has 32 heavy (non-hydrogen) atoms. The molecule has 8 nitrogen and oxygen atoms in total. The molecule has 0 aliphatic rings. The molecule has 4 aromatic rings. The van der Waals surface area contributed by atoms with Gasteiger partial charge in [-0.25, -0.2) is 8.42 Å². The monoisotopic (exact) mass is 471 g/mol. The second-order valence-corrected chi connectivity index (χ2v) is 9.52. The maximum Gasteiger partial charge on any atom is 0.269 e. The number of thiophene rings is 1. The Balaban J connectivity index is 1.63. The maximum atomic E-state index is 13.3. The molecule has 2 aromatic carbocycles. The minimum Gasteiger partial charge on any atom is -0.497 e. The molecule has 0 saturated carbocycles. The third-order valence-corrected chi connectivity index (χ3v) is 7.61. The number of ether oxygens (including phenoxy) is 2. The van der Waals surface area contributed by atoms with E-state index in [2.05, 4.69) is 10.1 Å². The first-order valence-corrected chi connectivity index (χ1v) is 12.0. The van der Waals surface area contributed by atoms with Gasteiger partial charge in [0.1, 0.15) is 21.3 Å². The fourth-order valence-electron chi connectivity index (χ4n) is 3.03. The molecule has 0 aliphatic heterocycles. The molecule has 2 heterocycles. The van der Waals surface area contributed by atoms with Crippen LogP contribution in [0.1, 0.15) is 6.92 Å². The van der Waals surface area contributed by atoms with E-state index in [-0.39, 0.29) is 10.8 Å². The molecular formula is C22H21N3O5S2. The summed E-state index contributed by atoms with van der Waals surface area (Å²) in [6, 6.07) is 15.6. The number of anilines is 1. The summed E-state index contributed by atoms with van der Waals surface area (Å²) < 4.78 is 43.8. The fraction of sp³-hybridized carbons (Fsp3) is 0.182. The third kappa shape index (κ3) is 4.19. The van der Waals surface area contributed by atoms with Crippen LogP contribution >= 0.6 is 11.3 Å². The van der Waals surface area contributed by atoms with Crippen molar-refractivity contribution in [3.8, 4) is 33.7 Å². The molecule has 0 bridgehead atoms. The molecule has 10 heteroatoms. The van der Waals surface area contributed by atoms with Crippen molar-refractivity contribution in [2.75, 3.05) is 25.1 Å². The first-order chi connectivity index (χ1) is 15.4. The third-order valence-electron chi connectivity index (χ3n) is 4.75. The van der Waals surface area contributed by atoms with Gasteiger partial charge in [-0.3, -0.25) is 4.31 Å². The smallest absolute Gasteiger partial charge is 0.269 e. The van der Waals surface area contributed by atoms with Gasteiger partial charge in [0.15, 0.2) is 0 Å². The Morgan fingerprint density at radius 3 is 2.38 bits per heavy atom. The lowest BCUT2D eigenvalue weighted by molar-refractivity contribution is 0.340. The van der Waals surface area contributed by atoms with Crippen molar-refractivity contribution in [1.29, 1.82) is 0 Å². The molecule has 0 N–H and O–H groups in total. The molecule has 0 amide bonds. The van der Waals surface area contributed by atoms with Crippen LogP contribution in [0, 0.1) is 0 Å². The summed E-state index contributed by atoms with van der Waals surface area (Å²) in [7, 11) is -0.803. The summed E-state index contributed by atoms with van der Waals surface area (Å²) >= 11 is 1.22. The molecule has 0 aliphatic carbocycles. The van der Waals surface area contributed by atoms with E-state index in [0.29, 0.717) is 28.7 Å². The summed E-state index contributed by atoms with van der Waals surface area (Å²) in [5, 5.41) is 5.71. The second-order valence-electron chi connectivity index (χ2n) is 6.67. The van der Waals surface area contributed by atoms with E-state index in [9.17, 15) is 8.42 Å². The SMILES string of the molecule is CCOc1ccc(-c2noc(-c3sccc3S(=O)(=O)N(C)c3ccc(OC)cc3)n2)cc1.